The average molecular weight is 422 g/mol. The Balaban J connectivity index is 1.62. The van der Waals surface area contributed by atoms with Crippen LogP contribution in [-0.2, 0) is 0 Å². The van der Waals surface area contributed by atoms with Crippen molar-refractivity contribution in [2.24, 2.45) is 0 Å². The van der Waals surface area contributed by atoms with E-state index in [1.165, 1.54) is 12.1 Å². The smallest absolute Gasteiger partial charge is 0.270 e. The number of carbonyl (C=O) groups is 1. The van der Waals surface area contributed by atoms with Gasteiger partial charge in [-0.15, -0.1) is 0 Å². The van der Waals surface area contributed by atoms with Crippen LogP contribution in [0.5, 0.6) is 0 Å². The number of anilines is 1. The zero-order valence-electron chi connectivity index (χ0n) is 16.1. The van der Waals surface area contributed by atoms with Crippen LogP contribution >= 0.6 is 11.6 Å². The fourth-order valence-electron chi connectivity index (χ4n) is 3.23. The maximum absolute atomic E-state index is 12.6. The first-order valence-corrected chi connectivity index (χ1v) is 9.43. The second-order valence-corrected chi connectivity index (χ2v) is 7.31. The third kappa shape index (κ3) is 3.75. The minimum absolute atomic E-state index is 0.00245. The molecule has 0 aliphatic carbocycles. The number of hydrogen-bond acceptors (Lipinski definition) is 5. The van der Waals surface area contributed by atoms with E-state index in [0.717, 1.165) is 28.3 Å². The van der Waals surface area contributed by atoms with Crippen molar-refractivity contribution in [1.82, 2.24) is 4.98 Å². The summed E-state index contributed by atoms with van der Waals surface area (Å²) in [6, 6.07) is 14.8. The quantitative estimate of drug-likeness (QED) is 0.325. The molecule has 0 aliphatic heterocycles. The molecule has 4 aromatic rings. The molecule has 3 aromatic carbocycles. The largest absolute Gasteiger partial charge is 0.436 e. The highest BCUT2D eigenvalue weighted by molar-refractivity contribution is 6.34. The van der Waals surface area contributed by atoms with Crippen LogP contribution in [-0.4, -0.2) is 15.8 Å². The van der Waals surface area contributed by atoms with Gasteiger partial charge in [-0.2, -0.15) is 0 Å². The van der Waals surface area contributed by atoms with Gasteiger partial charge in [0.15, 0.2) is 5.58 Å². The van der Waals surface area contributed by atoms with Crippen LogP contribution in [0, 0.1) is 24.0 Å². The molecule has 8 heteroatoms. The Labute approximate surface area is 176 Å². The third-order valence-electron chi connectivity index (χ3n) is 4.60. The second-order valence-electron chi connectivity index (χ2n) is 6.91. The molecule has 1 amide bonds. The number of aryl methyl sites for hydroxylation is 2. The zero-order chi connectivity index (χ0) is 21.4. The number of non-ortho nitro benzene ring substituents is 1. The molecule has 0 bridgehead atoms. The molecule has 0 fully saturated rings. The first-order valence-electron chi connectivity index (χ1n) is 9.05. The lowest BCUT2D eigenvalue weighted by molar-refractivity contribution is -0.384. The second kappa shape index (κ2) is 7.61. The molecule has 7 nitrogen and oxygen atoms in total. The monoisotopic (exact) mass is 421 g/mol. The first kappa shape index (κ1) is 19.6. The van der Waals surface area contributed by atoms with Gasteiger partial charge in [-0.05, 0) is 55.3 Å². The molecule has 4 rings (SSSR count). The highest BCUT2D eigenvalue weighted by Crippen LogP contribution is 2.29. The molecule has 0 unspecified atom stereocenters. The molecule has 30 heavy (non-hydrogen) atoms. The number of nitro benzene ring substituents is 1. The molecule has 1 aromatic heterocycles. The number of oxazole rings is 1. The van der Waals surface area contributed by atoms with Gasteiger partial charge >= 0.3 is 0 Å². The molecule has 1 N–H and O–H groups in total. The predicted molar refractivity (Wildman–Crippen MR) is 115 cm³/mol. The Morgan fingerprint density at radius 2 is 1.93 bits per heavy atom. The first-order chi connectivity index (χ1) is 14.3. The van der Waals surface area contributed by atoms with Gasteiger partial charge in [0.05, 0.1) is 15.5 Å². The minimum Gasteiger partial charge on any atom is -0.436 e. The van der Waals surface area contributed by atoms with Crippen molar-refractivity contribution in [2.45, 2.75) is 13.8 Å². The van der Waals surface area contributed by atoms with Gasteiger partial charge in [0.25, 0.3) is 11.6 Å². The molecule has 0 radical (unpaired) electrons. The van der Waals surface area contributed by atoms with Crippen molar-refractivity contribution in [1.29, 1.82) is 0 Å². The van der Waals surface area contributed by atoms with Crippen LogP contribution in [0.1, 0.15) is 21.5 Å². The molecule has 1 heterocycles. The number of hydrogen-bond donors (Lipinski definition) is 1. The lowest BCUT2D eigenvalue weighted by atomic mass is 10.1. The van der Waals surface area contributed by atoms with Crippen molar-refractivity contribution >= 4 is 40.0 Å². The van der Waals surface area contributed by atoms with E-state index in [0.29, 0.717) is 17.1 Å². The highest BCUT2D eigenvalue weighted by Gasteiger charge is 2.16. The predicted octanol–water partition coefficient (Wildman–Crippen LogP) is 5.93. The molecule has 0 saturated carbocycles. The molecular formula is C22H16ClN3O4. The lowest BCUT2D eigenvalue weighted by Gasteiger charge is -2.07. The maximum atomic E-state index is 12.6. The van der Waals surface area contributed by atoms with E-state index in [2.05, 4.69) is 10.3 Å². The third-order valence-corrected chi connectivity index (χ3v) is 4.91. The normalized spacial score (nSPS) is 10.9. The minimum atomic E-state index is -0.569. The van der Waals surface area contributed by atoms with Gasteiger partial charge in [-0.25, -0.2) is 4.98 Å². The molecule has 150 valence electrons. The van der Waals surface area contributed by atoms with Crippen molar-refractivity contribution in [3.8, 4) is 11.5 Å². The molecule has 0 saturated heterocycles. The Kier molecular flexibility index (Phi) is 4.97. The number of amides is 1. The summed E-state index contributed by atoms with van der Waals surface area (Å²) in [6.45, 7) is 3.97. The van der Waals surface area contributed by atoms with Crippen molar-refractivity contribution in [2.75, 3.05) is 5.32 Å². The number of rotatable bonds is 4. The summed E-state index contributed by atoms with van der Waals surface area (Å²) in [6.07, 6.45) is 0. The Bertz CT molecular complexity index is 1310. The number of benzene rings is 3. The summed E-state index contributed by atoms with van der Waals surface area (Å²) in [5, 5.41) is 13.6. The fourth-order valence-corrected chi connectivity index (χ4v) is 3.49. The van der Waals surface area contributed by atoms with Crippen LogP contribution in [0.4, 0.5) is 11.4 Å². The number of nitrogens with one attached hydrogen (secondary N) is 1. The summed E-state index contributed by atoms with van der Waals surface area (Å²) in [5.74, 6) is -0.0285. The van der Waals surface area contributed by atoms with Crippen molar-refractivity contribution in [3.63, 3.8) is 0 Å². The topological polar surface area (TPSA) is 98.3 Å². The van der Waals surface area contributed by atoms with E-state index in [9.17, 15) is 14.9 Å². The SMILES string of the molecule is Cc1cc(C)c2oc(-c3cccc(NC(=O)c4ccc([N+](=O)[O-])cc4Cl)c3)nc2c1. The molecule has 0 atom stereocenters. The average Bonchev–Trinajstić information content (AvgIpc) is 3.12. The van der Waals surface area contributed by atoms with E-state index in [4.69, 9.17) is 16.0 Å². The van der Waals surface area contributed by atoms with E-state index in [1.807, 2.05) is 32.0 Å². The lowest BCUT2D eigenvalue weighted by Crippen LogP contribution is -2.12. The van der Waals surface area contributed by atoms with Gasteiger partial charge in [0.1, 0.15) is 5.52 Å². The van der Waals surface area contributed by atoms with E-state index in [-0.39, 0.29) is 16.3 Å². The van der Waals surface area contributed by atoms with Gasteiger partial charge in [0.2, 0.25) is 5.89 Å². The Hall–Kier alpha value is -3.71. The van der Waals surface area contributed by atoms with Gasteiger partial charge < -0.3 is 9.73 Å². The number of aromatic nitrogens is 1. The van der Waals surface area contributed by atoms with Crippen LogP contribution in [0.25, 0.3) is 22.6 Å². The summed E-state index contributed by atoms with van der Waals surface area (Å²) in [7, 11) is 0. The number of nitrogens with zero attached hydrogens (tertiary/aromatic N) is 2. The van der Waals surface area contributed by atoms with E-state index < -0.39 is 10.8 Å². The van der Waals surface area contributed by atoms with Crippen LogP contribution < -0.4 is 5.32 Å². The summed E-state index contributed by atoms with van der Waals surface area (Å²) in [4.78, 5) is 27.4. The van der Waals surface area contributed by atoms with Gasteiger partial charge in [-0.3, -0.25) is 14.9 Å². The van der Waals surface area contributed by atoms with Crippen LogP contribution in [0.3, 0.4) is 0 Å². The van der Waals surface area contributed by atoms with Crippen LogP contribution in [0.15, 0.2) is 59.0 Å². The van der Waals surface area contributed by atoms with E-state index >= 15 is 0 Å². The van der Waals surface area contributed by atoms with Crippen molar-refractivity contribution < 1.29 is 14.1 Å². The van der Waals surface area contributed by atoms with Crippen LogP contribution in [0.2, 0.25) is 5.02 Å². The molecule has 0 spiro atoms. The number of halogens is 1. The number of nitro groups is 1. The Morgan fingerprint density at radius 1 is 1.13 bits per heavy atom. The van der Waals surface area contributed by atoms with Crippen molar-refractivity contribution in [3.05, 3.63) is 86.4 Å². The number of carbonyl (C=O) groups excluding carboxylic acids is 1. The van der Waals surface area contributed by atoms with E-state index in [1.54, 1.807) is 18.2 Å². The summed E-state index contributed by atoms with van der Waals surface area (Å²) in [5.41, 5.74) is 4.78. The summed E-state index contributed by atoms with van der Waals surface area (Å²) >= 11 is 6.04. The van der Waals surface area contributed by atoms with Gasteiger partial charge in [-0.1, -0.05) is 23.7 Å². The molecule has 0 aliphatic rings. The highest BCUT2D eigenvalue weighted by atomic mass is 35.5. The Morgan fingerprint density at radius 3 is 2.67 bits per heavy atom. The standard InChI is InChI=1S/C22H16ClN3O4/c1-12-8-13(2)20-19(9-12)25-22(30-20)14-4-3-5-15(10-14)24-21(27)17-7-6-16(26(28)29)11-18(17)23/h3-11H,1-2H3,(H,24,27). The fraction of sp³-hybridized carbons (Fsp3) is 0.0909. The summed E-state index contributed by atoms with van der Waals surface area (Å²) < 4.78 is 5.93. The maximum Gasteiger partial charge on any atom is 0.270 e. The van der Waals surface area contributed by atoms with Gasteiger partial charge in [0, 0.05) is 23.4 Å². The molecular weight excluding hydrogens is 406 g/mol. The number of fused-ring (bicyclic) bond motifs is 1. The zero-order valence-corrected chi connectivity index (χ0v) is 16.9.